The summed E-state index contributed by atoms with van der Waals surface area (Å²) in [6.45, 7) is -0.253. The van der Waals surface area contributed by atoms with Gasteiger partial charge >= 0.3 is 12.4 Å². The third kappa shape index (κ3) is 10.3. The average molecular weight is 923 g/mol. The molecule has 8 rings (SSSR count). The Morgan fingerprint density at radius 1 is 0.382 bits per heavy atom. The normalized spacial score (nSPS) is 12.0. The van der Waals surface area contributed by atoms with Crippen LogP contribution in [0.4, 0.5) is 60.5 Å². The molecule has 0 saturated carbocycles. The van der Waals surface area contributed by atoms with E-state index in [-0.39, 0.29) is 24.3 Å². The van der Waals surface area contributed by atoms with E-state index < -0.39 is 34.3 Å². The van der Waals surface area contributed by atoms with Crippen molar-refractivity contribution in [1.29, 1.82) is 0 Å². The van der Waals surface area contributed by atoms with E-state index in [1.807, 2.05) is 94.7 Å². The molecule has 0 saturated heterocycles. The van der Waals surface area contributed by atoms with E-state index in [1.54, 1.807) is 74.9 Å². The summed E-state index contributed by atoms with van der Waals surface area (Å²) in [5.74, 6) is 1.36. The van der Waals surface area contributed by atoms with Gasteiger partial charge in [0.05, 0.1) is 38.6 Å². The molecular formula is C56H44F6N2O4. The summed E-state index contributed by atoms with van der Waals surface area (Å²) in [5.41, 5.74) is 4.31. The predicted octanol–water partition coefficient (Wildman–Crippen LogP) is 15.2. The molecule has 0 unspecified atom stereocenters. The topological polar surface area (TPSA) is 65.4 Å². The summed E-state index contributed by atoms with van der Waals surface area (Å²) >= 11 is 0. The fourth-order valence-corrected chi connectivity index (χ4v) is 8.05. The molecule has 0 amide bonds. The quantitative estimate of drug-likeness (QED) is 0.0837. The number of alkyl halides is 6. The summed E-state index contributed by atoms with van der Waals surface area (Å²) in [4.78, 5) is 3.94. The highest BCUT2D eigenvalue weighted by atomic mass is 19.4. The van der Waals surface area contributed by atoms with Crippen LogP contribution in [0, 0.1) is 0 Å². The van der Waals surface area contributed by atoms with Gasteiger partial charge in [0, 0.05) is 34.1 Å². The smallest absolute Gasteiger partial charge is 0.417 e. The average Bonchev–Trinajstić information content (AvgIpc) is 3.35. The molecule has 0 aliphatic carbocycles. The number of fused-ring (bicyclic) bond motifs is 1. The Balaban J connectivity index is 1.09. The fraction of sp³-hybridized carbons (Fsp3) is 0.107. The van der Waals surface area contributed by atoms with Gasteiger partial charge in [-0.1, -0.05) is 97.1 Å². The van der Waals surface area contributed by atoms with Crippen LogP contribution in [0.15, 0.2) is 170 Å². The summed E-state index contributed by atoms with van der Waals surface area (Å²) in [5, 5.41) is 18.0. The number of methoxy groups -OCH3 is 2. The van der Waals surface area contributed by atoms with E-state index in [9.17, 15) is 36.6 Å². The molecule has 0 heterocycles. The predicted molar refractivity (Wildman–Crippen MR) is 259 cm³/mol. The number of aliphatic hydroxyl groups is 2. The highest BCUT2D eigenvalue weighted by Crippen LogP contribution is 2.45. The van der Waals surface area contributed by atoms with Crippen LogP contribution in [0.25, 0.3) is 35.1 Å². The molecular weight excluding hydrogens is 879 g/mol. The largest absolute Gasteiger partial charge is 0.497 e. The van der Waals surface area contributed by atoms with Crippen molar-refractivity contribution < 1.29 is 46.0 Å². The van der Waals surface area contributed by atoms with Crippen molar-refractivity contribution in [3.05, 3.63) is 214 Å². The van der Waals surface area contributed by atoms with Crippen LogP contribution in [0.3, 0.4) is 0 Å². The maximum Gasteiger partial charge on any atom is 0.417 e. The molecule has 0 fully saturated rings. The van der Waals surface area contributed by atoms with E-state index in [1.165, 1.54) is 24.3 Å². The van der Waals surface area contributed by atoms with E-state index in [0.29, 0.717) is 22.6 Å². The maximum atomic E-state index is 15.0. The second kappa shape index (κ2) is 20.0. The number of anilines is 6. The maximum absolute atomic E-state index is 15.0. The molecule has 12 heteroatoms. The highest BCUT2D eigenvalue weighted by Gasteiger charge is 2.39. The first-order valence-electron chi connectivity index (χ1n) is 21.4. The number of rotatable bonds is 14. The van der Waals surface area contributed by atoms with Gasteiger partial charge in [0.1, 0.15) is 11.5 Å². The summed E-state index contributed by atoms with van der Waals surface area (Å²) in [6.07, 6.45) is -4.48. The second-order valence-electron chi connectivity index (χ2n) is 15.7. The molecule has 0 aliphatic rings. The number of benzene rings is 8. The second-order valence-corrected chi connectivity index (χ2v) is 15.7. The third-order valence-electron chi connectivity index (χ3n) is 11.5. The summed E-state index contributed by atoms with van der Waals surface area (Å²) in [6, 6.07) is 48.0. The standard InChI is InChI=1S/C56H44F6N2O4/c1-67-49-29-25-47(26-30-49)64(48-27-31-50(68-2)32-28-48)44-19-7-38(8-20-44)4-14-42-16-34-51-52(54(42)56(60,61)62)33-15-41(53(51)55(57,58)59)13-3-37-5-17-43(18-6-37)63(45-21-9-39(35-65)10-22-45)46-23-11-40(36-66)12-24-46/h3-34,65-66H,35-36H2,1-2H3/b13-3-,14-4-. The lowest BCUT2D eigenvalue weighted by atomic mass is 9.91. The van der Waals surface area contributed by atoms with Crippen molar-refractivity contribution in [1.82, 2.24) is 0 Å². The Hall–Kier alpha value is -7.80. The zero-order valence-electron chi connectivity index (χ0n) is 36.8. The lowest BCUT2D eigenvalue weighted by Gasteiger charge is -2.26. The molecule has 6 nitrogen and oxygen atoms in total. The van der Waals surface area contributed by atoms with Crippen LogP contribution >= 0.6 is 0 Å². The molecule has 0 spiro atoms. The first kappa shape index (κ1) is 46.7. The van der Waals surface area contributed by atoms with Crippen LogP contribution < -0.4 is 19.3 Å². The van der Waals surface area contributed by atoms with Gasteiger partial charge in [0.15, 0.2) is 0 Å². The molecule has 8 aromatic rings. The number of hydrogen-bond acceptors (Lipinski definition) is 6. The molecule has 0 aliphatic heterocycles. The SMILES string of the molecule is COc1ccc(N(c2ccc(/C=C\c3ccc4c(C(F)(F)F)c(/C=C\c5ccc(N(c6ccc(CO)cc6)c6ccc(CO)cc6)cc5)ccc4c3C(F)(F)F)cc2)c2ccc(OC)cc2)cc1. The number of nitrogens with zero attached hydrogens (tertiary/aromatic N) is 2. The number of aliphatic hydroxyl groups excluding tert-OH is 2. The molecule has 0 bridgehead atoms. The van der Waals surface area contributed by atoms with Crippen LogP contribution in [0.5, 0.6) is 11.5 Å². The molecule has 344 valence electrons. The minimum atomic E-state index is -4.99. The molecule has 8 aromatic carbocycles. The molecule has 0 atom stereocenters. The van der Waals surface area contributed by atoms with Crippen molar-refractivity contribution >= 4 is 69.2 Å². The van der Waals surface area contributed by atoms with Crippen molar-refractivity contribution in [2.24, 2.45) is 0 Å². The van der Waals surface area contributed by atoms with Gasteiger partial charge in [0.25, 0.3) is 0 Å². The van der Waals surface area contributed by atoms with Crippen molar-refractivity contribution in [3.8, 4) is 11.5 Å². The van der Waals surface area contributed by atoms with Crippen molar-refractivity contribution in [2.45, 2.75) is 25.6 Å². The van der Waals surface area contributed by atoms with Crippen LogP contribution in [0.1, 0.15) is 44.5 Å². The number of halogens is 6. The zero-order chi connectivity index (χ0) is 48.0. The summed E-state index contributed by atoms with van der Waals surface area (Å²) in [7, 11) is 3.16. The molecule has 68 heavy (non-hydrogen) atoms. The lowest BCUT2D eigenvalue weighted by Crippen LogP contribution is -2.12. The molecule has 0 radical (unpaired) electrons. The van der Waals surface area contributed by atoms with E-state index in [4.69, 9.17) is 9.47 Å². The summed E-state index contributed by atoms with van der Waals surface area (Å²) < 4.78 is 100. The lowest BCUT2D eigenvalue weighted by molar-refractivity contribution is -0.138. The Morgan fingerprint density at radius 2 is 0.662 bits per heavy atom. The van der Waals surface area contributed by atoms with Crippen molar-refractivity contribution in [2.75, 3.05) is 24.0 Å². The van der Waals surface area contributed by atoms with Gasteiger partial charge in [-0.05, 0) is 141 Å². The van der Waals surface area contributed by atoms with Gasteiger partial charge in [-0.25, -0.2) is 0 Å². The molecule has 2 N–H and O–H groups in total. The molecule has 0 aromatic heterocycles. The number of hydrogen-bond donors (Lipinski definition) is 2. The van der Waals surface area contributed by atoms with Gasteiger partial charge in [-0.2, -0.15) is 26.3 Å². The van der Waals surface area contributed by atoms with Gasteiger partial charge in [0.2, 0.25) is 0 Å². The Morgan fingerprint density at radius 3 is 0.926 bits per heavy atom. The van der Waals surface area contributed by atoms with Gasteiger partial charge in [-0.3, -0.25) is 0 Å². The van der Waals surface area contributed by atoms with E-state index in [2.05, 4.69) is 0 Å². The minimum Gasteiger partial charge on any atom is -0.497 e. The van der Waals surface area contributed by atoms with Crippen LogP contribution in [0.2, 0.25) is 0 Å². The Bertz CT molecular complexity index is 2740. The highest BCUT2D eigenvalue weighted by molar-refractivity contribution is 5.96. The van der Waals surface area contributed by atoms with Gasteiger partial charge < -0.3 is 29.5 Å². The number of ether oxygens (including phenoxy) is 2. The van der Waals surface area contributed by atoms with E-state index >= 15 is 0 Å². The first-order valence-corrected chi connectivity index (χ1v) is 21.4. The fourth-order valence-electron chi connectivity index (χ4n) is 8.05. The third-order valence-corrected chi connectivity index (χ3v) is 11.5. The Labute approximate surface area is 389 Å². The van der Waals surface area contributed by atoms with E-state index in [0.717, 1.165) is 69.5 Å². The van der Waals surface area contributed by atoms with Gasteiger partial charge in [-0.15, -0.1) is 0 Å². The van der Waals surface area contributed by atoms with Crippen molar-refractivity contribution in [3.63, 3.8) is 0 Å². The Kier molecular flexibility index (Phi) is 13.7. The zero-order valence-corrected chi connectivity index (χ0v) is 36.8. The monoisotopic (exact) mass is 922 g/mol. The minimum absolute atomic E-state index is 0.127. The van der Waals surface area contributed by atoms with Crippen LogP contribution in [-0.2, 0) is 25.6 Å². The first-order chi connectivity index (χ1) is 32.8. The van der Waals surface area contributed by atoms with Crippen LogP contribution in [-0.4, -0.2) is 24.4 Å².